The lowest BCUT2D eigenvalue weighted by Gasteiger charge is -2.37. The number of hydrogen-bond donors (Lipinski definition) is 0. The Labute approximate surface area is 126 Å². The molecule has 0 spiro atoms. The maximum Gasteiger partial charge on any atom is 0.166 e. The van der Waals surface area contributed by atoms with Crippen LogP contribution in [-0.2, 0) is 10.8 Å². The van der Waals surface area contributed by atoms with Crippen LogP contribution >= 0.6 is 0 Å². The van der Waals surface area contributed by atoms with Gasteiger partial charge in [0.25, 0.3) is 0 Å². The highest BCUT2D eigenvalue weighted by Crippen LogP contribution is 2.38. The van der Waals surface area contributed by atoms with E-state index in [4.69, 9.17) is 4.74 Å². The van der Waals surface area contributed by atoms with Crippen molar-refractivity contribution in [1.29, 1.82) is 0 Å². The molecule has 2 saturated heterocycles. The molecule has 3 nitrogen and oxygen atoms in total. The lowest BCUT2D eigenvalue weighted by molar-refractivity contribution is 0.0895. The third-order valence-corrected chi connectivity index (χ3v) is 6.78. The van der Waals surface area contributed by atoms with Crippen molar-refractivity contribution in [2.45, 2.75) is 42.6 Å². The van der Waals surface area contributed by atoms with E-state index in [9.17, 15) is 13.4 Å². The number of halogens is 1. The van der Waals surface area contributed by atoms with Crippen LogP contribution in [0.2, 0.25) is 0 Å². The molecule has 5 heteroatoms. The van der Waals surface area contributed by atoms with Gasteiger partial charge in [-0.15, -0.1) is 0 Å². The Morgan fingerprint density at radius 1 is 1.29 bits per heavy atom. The first-order valence-corrected chi connectivity index (χ1v) is 8.65. The normalized spacial score (nSPS) is 31.7. The van der Waals surface area contributed by atoms with E-state index in [1.54, 1.807) is 0 Å². The molecule has 0 aromatic heterocycles. The molecule has 0 N–H and O–H groups in total. The van der Waals surface area contributed by atoms with Crippen LogP contribution < -0.4 is 4.74 Å². The van der Waals surface area contributed by atoms with Crippen LogP contribution in [0.25, 0.3) is 0 Å². The van der Waals surface area contributed by atoms with E-state index >= 15 is 0 Å². The number of ether oxygens (including phenoxy) is 1. The van der Waals surface area contributed by atoms with Gasteiger partial charge in [0.05, 0.1) is 7.11 Å². The summed E-state index contributed by atoms with van der Waals surface area (Å²) in [6, 6.07) is 4.26. The fourth-order valence-electron chi connectivity index (χ4n) is 3.50. The zero-order chi connectivity index (χ0) is 15.0. The average Bonchev–Trinajstić information content (AvgIpc) is 2.47. The van der Waals surface area contributed by atoms with Crippen molar-refractivity contribution in [3.8, 4) is 5.75 Å². The van der Waals surface area contributed by atoms with Gasteiger partial charge in [-0.3, -0.25) is 9.00 Å². The minimum atomic E-state index is -0.776. The van der Waals surface area contributed by atoms with Gasteiger partial charge in [-0.05, 0) is 43.9 Å². The van der Waals surface area contributed by atoms with Crippen LogP contribution in [-0.4, -0.2) is 27.6 Å². The fourth-order valence-corrected chi connectivity index (χ4v) is 5.68. The topological polar surface area (TPSA) is 43.4 Å². The quantitative estimate of drug-likeness (QED) is 0.806. The van der Waals surface area contributed by atoms with Gasteiger partial charge >= 0.3 is 0 Å². The maximum absolute atomic E-state index is 13.4. The first-order valence-electron chi connectivity index (χ1n) is 7.37. The summed E-state index contributed by atoms with van der Waals surface area (Å²) in [5.74, 6) is -0.425. The van der Waals surface area contributed by atoms with Gasteiger partial charge in [0.2, 0.25) is 0 Å². The van der Waals surface area contributed by atoms with Crippen molar-refractivity contribution in [2.75, 3.05) is 7.11 Å². The van der Waals surface area contributed by atoms with Crippen molar-refractivity contribution in [3.63, 3.8) is 0 Å². The second-order valence-corrected chi connectivity index (χ2v) is 7.88. The summed E-state index contributed by atoms with van der Waals surface area (Å²) < 4.78 is 30.6. The lowest BCUT2D eigenvalue weighted by atomic mass is 9.84. The summed E-state index contributed by atoms with van der Waals surface area (Å²) in [6.07, 6.45) is 4.43. The molecule has 0 amide bonds. The summed E-state index contributed by atoms with van der Waals surface area (Å²) in [7, 11) is 0.614. The third kappa shape index (κ3) is 2.76. The zero-order valence-electron chi connectivity index (χ0n) is 12.0. The Morgan fingerprint density at radius 3 is 2.57 bits per heavy atom. The molecule has 1 aromatic carbocycles. The molecule has 0 radical (unpaired) electrons. The molecule has 2 unspecified atom stereocenters. The molecule has 21 heavy (non-hydrogen) atoms. The first-order chi connectivity index (χ1) is 10.1. The third-order valence-electron chi connectivity index (χ3n) is 4.61. The van der Waals surface area contributed by atoms with Gasteiger partial charge in [0, 0.05) is 32.8 Å². The summed E-state index contributed by atoms with van der Waals surface area (Å²) in [5.41, 5.74) is 0.490. The van der Waals surface area contributed by atoms with Crippen LogP contribution in [0, 0.1) is 11.7 Å². The van der Waals surface area contributed by atoms with E-state index in [1.165, 1.54) is 25.3 Å². The van der Waals surface area contributed by atoms with Crippen LogP contribution in [0.5, 0.6) is 5.75 Å². The highest BCUT2D eigenvalue weighted by molar-refractivity contribution is 7.86. The van der Waals surface area contributed by atoms with Crippen molar-refractivity contribution < 1.29 is 18.1 Å². The average molecular weight is 310 g/mol. The second kappa shape index (κ2) is 5.87. The zero-order valence-corrected chi connectivity index (χ0v) is 12.8. The molecule has 1 aromatic rings. The summed E-state index contributed by atoms with van der Waals surface area (Å²) in [6.45, 7) is 0. The van der Waals surface area contributed by atoms with E-state index in [0.717, 1.165) is 19.3 Å². The number of carbonyl (C=O) groups excluding carboxylic acids is 1. The summed E-state index contributed by atoms with van der Waals surface area (Å²) in [5, 5.41) is 0.322. The monoisotopic (exact) mass is 310 g/mol. The van der Waals surface area contributed by atoms with E-state index in [2.05, 4.69) is 0 Å². The van der Waals surface area contributed by atoms with Crippen LogP contribution in [0.1, 0.15) is 42.5 Å². The Kier molecular flexibility index (Phi) is 4.11. The molecule has 2 aliphatic rings. The van der Waals surface area contributed by atoms with Crippen molar-refractivity contribution >= 4 is 16.6 Å². The number of hydrogen-bond acceptors (Lipinski definition) is 3. The van der Waals surface area contributed by atoms with Crippen LogP contribution in [0.15, 0.2) is 18.2 Å². The molecule has 2 bridgehead atoms. The highest BCUT2D eigenvalue weighted by atomic mass is 32.2. The lowest BCUT2D eigenvalue weighted by Crippen LogP contribution is -2.41. The van der Waals surface area contributed by atoms with Crippen molar-refractivity contribution in [3.05, 3.63) is 29.6 Å². The second-order valence-electron chi connectivity index (χ2n) is 5.89. The smallest absolute Gasteiger partial charge is 0.166 e. The van der Waals surface area contributed by atoms with Crippen LogP contribution in [0.4, 0.5) is 4.39 Å². The minimum absolute atomic E-state index is 0.0295. The van der Waals surface area contributed by atoms with E-state index in [-0.39, 0.29) is 28.0 Å². The standard InChI is InChI=1S/C16H19FO3S/c1-20-15-9-10(5-6-14(15)17)16(18)11-7-12-3-2-4-13(8-11)21(12)19/h5-6,9,11-13H,2-4,7-8H2,1H3. The molecule has 0 aliphatic carbocycles. The van der Waals surface area contributed by atoms with Gasteiger partial charge in [0.1, 0.15) is 0 Å². The fraction of sp³-hybridized carbons (Fsp3) is 0.562. The van der Waals surface area contributed by atoms with Crippen LogP contribution in [0.3, 0.4) is 0 Å². The SMILES string of the molecule is COc1cc(C(=O)C2CC3CCCC(C2)S3=O)ccc1F. The van der Waals surface area contributed by atoms with Gasteiger partial charge in [-0.25, -0.2) is 4.39 Å². The van der Waals surface area contributed by atoms with Crippen molar-refractivity contribution in [1.82, 2.24) is 0 Å². The number of ketones is 1. The highest BCUT2D eigenvalue weighted by Gasteiger charge is 2.40. The van der Waals surface area contributed by atoms with E-state index in [0.29, 0.717) is 18.4 Å². The van der Waals surface area contributed by atoms with Crippen molar-refractivity contribution in [2.24, 2.45) is 5.92 Å². The molecule has 3 rings (SSSR count). The number of methoxy groups -OCH3 is 1. The molecular formula is C16H19FO3S. The largest absolute Gasteiger partial charge is 0.494 e. The molecule has 2 atom stereocenters. The van der Waals surface area contributed by atoms with Gasteiger partial charge in [-0.1, -0.05) is 6.42 Å². The Hall–Kier alpha value is -1.23. The van der Waals surface area contributed by atoms with Gasteiger partial charge < -0.3 is 4.74 Å². The molecule has 114 valence electrons. The molecule has 2 aliphatic heterocycles. The number of Topliss-reactive ketones (excluding diaryl/α,β-unsaturated/α-hetero) is 1. The van der Waals surface area contributed by atoms with E-state index in [1.807, 2.05) is 0 Å². The van der Waals surface area contributed by atoms with Gasteiger partial charge in [-0.2, -0.15) is 0 Å². The number of rotatable bonds is 3. The molecule has 0 saturated carbocycles. The number of fused-ring (bicyclic) bond motifs is 2. The Morgan fingerprint density at radius 2 is 1.95 bits per heavy atom. The maximum atomic E-state index is 13.4. The molecular weight excluding hydrogens is 291 g/mol. The first kappa shape index (κ1) is 14.7. The minimum Gasteiger partial charge on any atom is -0.494 e. The molecule has 2 heterocycles. The van der Waals surface area contributed by atoms with Gasteiger partial charge in [0.15, 0.2) is 17.3 Å². The van der Waals surface area contributed by atoms with E-state index < -0.39 is 16.6 Å². The Bertz CT molecular complexity index is 571. The number of benzene rings is 1. The summed E-state index contributed by atoms with van der Waals surface area (Å²) in [4.78, 5) is 12.6. The predicted octanol–water partition coefficient (Wildman–Crippen LogP) is 3.10. The predicted molar refractivity (Wildman–Crippen MR) is 79.6 cm³/mol. The summed E-state index contributed by atoms with van der Waals surface area (Å²) >= 11 is 0. The molecule has 2 fully saturated rings. The number of carbonyl (C=O) groups is 1. The Balaban J connectivity index is 1.81.